The van der Waals surface area contributed by atoms with Gasteiger partial charge in [0.1, 0.15) is 11.9 Å². The van der Waals surface area contributed by atoms with Crippen molar-refractivity contribution < 1.29 is 24.5 Å². The second-order valence-corrected chi connectivity index (χ2v) is 7.60. The fourth-order valence-corrected chi connectivity index (χ4v) is 3.64. The van der Waals surface area contributed by atoms with Gasteiger partial charge in [0, 0.05) is 12.3 Å². The highest BCUT2D eigenvalue weighted by Crippen LogP contribution is 2.30. The van der Waals surface area contributed by atoms with Gasteiger partial charge in [0.25, 0.3) is 0 Å². The minimum Gasteiger partial charge on any atom is -0.393 e. The maximum Gasteiger partial charge on any atom is 0.249 e. The van der Waals surface area contributed by atoms with Crippen molar-refractivity contribution >= 4 is 5.91 Å². The maximum absolute atomic E-state index is 12.9. The minimum atomic E-state index is -1.23. The van der Waals surface area contributed by atoms with Crippen LogP contribution in [0.5, 0.6) is 0 Å². The molecule has 28 heavy (non-hydrogen) atoms. The molecule has 0 bridgehead atoms. The number of nitrogens with one attached hydrogen (secondary N) is 1. The predicted octanol–water partition coefficient (Wildman–Crippen LogP) is 2.48. The lowest BCUT2D eigenvalue weighted by atomic mass is 9.96. The first-order valence-corrected chi connectivity index (χ1v) is 10.2. The van der Waals surface area contributed by atoms with Crippen LogP contribution in [0.1, 0.15) is 51.0 Å². The maximum atomic E-state index is 12.9. The zero-order chi connectivity index (χ0) is 20.5. The van der Waals surface area contributed by atoms with Gasteiger partial charge in [0.15, 0.2) is 0 Å². The lowest BCUT2D eigenvalue weighted by Crippen LogP contribution is -2.48. The fourth-order valence-electron chi connectivity index (χ4n) is 3.64. The van der Waals surface area contributed by atoms with Crippen LogP contribution in [0.4, 0.5) is 4.39 Å². The highest BCUT2D eigenvalue weighted by atomic mass is 19.1. The zero-order valence-electron chi connectivity index (χ0n) is 16.4. The first-order valence-electron chi connectivity index (χ1n) is 10.2. The highest BCUT2D eigenvalue weighted by Gasteiger charge is 2.42. The molecule has 0 aromatic heterocycles. The van der Waals surface area contributed by atoms with Crippen molar-refractivity contribution in [2.24, 2.45) is 5.92 Å². The van der Waals surface area contributed by atoms with E-state index in [1.807, 2.05) is 6.08 Å². The van der Waals surface area contributed by atoms with Gasteiger partial charge < -0.3 is 20.6 Å². The van der Waals surface area contributed by atoms with Gasteiger partial charge in [-0.2, -0.15) is 0 Å². The molecule has 1 saturated carbocycles. The Morgan fingerprint density at radius 3 is 2.64 bits per heavy atom. The Hall–Kier alpha value is -1.76. The van der Waals surface area contributed by atoms with Gasteiger partial charge in [-0.3, -0.25) is 4.79 Å². The summed E-state index contributed by atoms with van der Waals surface area (Å²) in [4.78, 5) is 12.4. The molecule has 1 fully saturated rings. The molecule has 2 rings (SSSR count). The Morgan fingerprint density at radius 1 is 1.25 bits per heavy atom. The average molecular weight is 393 g/mol. The number of aliphatic hydroxyl groups excluding tert-OH is 3. The number of unbranched alkanes of at least 4 members (excludes halogenated alkanes) is 2. The summed E-state index contributed by atoms with van der Waals surface area (Å²) in [6.45, 7) is 2.12. The van der Waals surface area contributed by atoms with E-state index in [1.165, 1.54) is 12.1 Å². The topological polar surface area (TPSA) is 89.8 Å². The average Bonchev–Trinajstić information content (AvgIpc) is 2.93. The van der Waals surface area contributed by atoms with Crippen LogP contribution in [0.15, 0.2) is 36.4 Å². The lowest BCUT2D eigenvalue weighted by Gasteiger charge is -2.25. The summed E-state index contributed by atoms with van der Waals surface area (Å²) in [5, 5.41) is 33.3. The third-order valence-corrected chi connectivity index (χ3v) is 5.38. The molecule has 6 heteroatoms. The summed E-state index contributed by atoms with van der Waals surface area (Å²) in [6.07, 6.45) is 5.92. The molecule has 1 aromatic rings. The van der Waals surface area contributed by atoms with E-state index in [0.717, 1.165) is 24.8 Å². The molecule has 0 saturated heterocycles. The quantitative estimate of drug-likeness (QED) is 0.363. The van der Waals surface area contributed by atoms with Crippen LogP contribution in [0.25, 0.3) is 0 Å². The first kappa shape index (κ1) is 22.5. The second-order valence-electron chi connectivity index (χ2n) is 7.60. The number of hydrogen-bond acceptors (Lipinski definition) is 4. The van der Waals surface area contributed by atoms with Crippen molar-refractivity contribution in [3.05, 3.63) is 47.8 Å². The van der Waals surface area contributed by atoms with Crippen LogP contribution >= 0.6 is 0 Å². The van der Waals surface area contributed by atoms with Crippen molar-refractivity contribution in [3.63, 3.8) is 0 Å². The van der Waals surface area contributed by atoms with Crippen LogP contribution in [0.2, 0.25) is 0 Å². The Balaban J connectivity index is 1.86. The standard InChI is InChI=1S/C22H32FNO4/c1-2-3-4-5-6-7-17-19(26)14-20(27)21(17)24-22(28)18(25)13-10-15-8-11-16(23)12-9-15/h5-6,8-9,11-12,17-21,25-27H,2-4,7,10,13-14H2,1H3,(H,24,28)/b6-5-/t17-,18+,19-,20+,21+/m0/s1. The molecule has 5 atom stereocenters. The minimum absolute atomic E-state index is 0.199. The third-order valence-electron chi connectivity index (χ3n) is 5.38. The molecule has 0 spiro atoms. The largest absolute Gasteiger partial charge is 0.393 e. The lowest BCUT2D eigenvalue weighted by molar-refractivity contribution is -0.131. The summed E-state index contributed by atoms with van der Waals surface area (Å²) < 4.78 is 12.9. The summed E-state index contributed by atoms with van der Waals surface area (Å²) in [6, 6.07) is 5.35. The molecule has 0 heterocycles. The summed E-state index contributed by atoms with van der Waals surface area (Å²) in [7, 11) is 0. The SMILES string of the molecule is CCCC/C=C\C[C@@H]1[C@@H](NC(=O)[C@H](O)CCc2ccc(F)cc2)[C@H](O)C[C@@H]1O. The van der Waals surface area contributed by atoms with E-state index < -0.39 is 30.3 Å². The van der Waals surface area contributed by atoms with Crippen molar-refractivity contribution in [1.82, 2.24) is 5.32 Å². The molecule has 4 N–H and O–H groups in total. The Morgan fingerprint density at radius 2 is 1.96 bits per heavy atom. The highest BCUT2D eigenvalue weighted by molar-refractivity contribution is 5.80. The van der Waals surface area contributed by atoms with Gasteiger partial charge in [0.2, 0.25) is 5.91 Å². The number of carbonyl (C=O) groups excluding carboxylic acids is 1. The van der Waals surface area contributed by atoms with Crippen molar-refractivity contribution in [1.29, 1.82) is 0 Å². The van der Waals surface area contributed by atoms with E-state index in [-0.39, 0.29) is 24.6 Å². The number of halogens is 1. The van der Waals surface area contributed by atoms with Gasteiger partial charge in [0.05, 0.1) is 18.2 Å². The number of aryl methyl sites for hydroxylation is 1. The fraction of sp³-hybridized carbons (Fsp3) is 0.591. The van der Waals surface area contributed by atoms with Crippen molar-refractivity contribution in [3.8, 4) is 0 Å². The normalized spacial score (nSPS) is 25.9. The van der Waals surface area contributed by atoms with Gasteiger partial charge in [-0.25, -0.2) is 4.39 Å². The number of aliphatic hydroxyl groups is 3. The van der Waals surface area contributed by atoms with Gasteiger partial charge in [-0.05, 0) is 43.4 Å². The molecule has 5 nitrogen and oxygen atoms in total. The molecule has 1 aromatic carbocycles. The van der Waals surface area contributed by atoms with E-state index in [1.54, 1.807) is 12.1 Å². The number of carbonyl (C=O) groups is 1. The number of amides is 1. The van der Waals surface area contributed by atoms with Crippen molar-refractivity contribution in [2.45, 2.75) is 76.2 Å². The van der Waals surface area contributed by atoms with E-state index in [4.69, 9.17) is 0 Å². The van der Waals surface area contributed by atoms with Crippen LogP contribution in [0.3, 0.4) is 0 Å². The van der Waals surface area contributed by atoms with Gasteiger partial charge in [-0.15, -0.1) is 0 Å². The monoisotopic (exact) mass is 393 g/mol. The first-order chi connectivity index (χ1) is 13.4. The van der Waals surface area contributed by atoms with Gasteiger partial charge in [-0.1, -0.05) is 44.1 Å². The Labute approximate surface area is 166 Å². The molecule has 1 amide bonds. The molecule has 0 aliphatic heterocycles. The molecular weight excluding hydrogens is 361 g/mol. The molecule has 0 unspecified atom stereocenters. The van der Waals surface area contributed by atoms with Crippen LogP contribution in [-0.2, 0) is 11.2 Å². The van der Waals surface area contributed by atoms with Crippen molar-refractivity contribution in [2.75, 3.05) is 0 Å². The number of allylic oxidation sites excluding steroid dienone is 2. The number of hydrogen-bond donors (Lipinski definition) is 4. The van der Waals surface area contributed by atoms with Crippen LogP contribution in [0, 0.1) is 11.7 Å². The third kappa shape index (κ3) is 6.69. The molecule has 1 aliphatic carbocycles. The zero-order valence-corrected chi connectivity index (χ0v) is 16.4. The summed E-state index contributed by atoms with van der Waals surface area (Å²) in [5.41, 5.74) is 0.833. The summed E-state index contributed by atoms with van der Waals surface area (Å²) in [5.74, 6) is -1.16. The predicted molar refractivity (Wildman–Crippen MR) is 106 cm³/mol. The van der Waals surface area contributed by atoms with Gasteiger partial charge >= 0.3 is 0 Å². The molecule has 0 radical (unpaired) electrons. The van der Waals surface area contributed by atoms with E-state index in [2.05, 4.69) is 18.3 Å². The number of rotatable bonds is 10. The van der Waals surface area contributed by atoms with Crippen LogP contribution < -0.4 is 5.32 Å². The van der Waals surface area contributed by atoms with E-state index in [9.17, 15) is 24.5 Å². The van der Waals surface area contributed by atoms with Crippen LogP contribution in [-0.4, -0.2) is 45.6 Å². The summed E-state index contributed by atoms with van der Waals surface area (Å²) >= 11 is 0. The molecule has 156 valence electrons. The Kier molecular flexibility index (Phi) is 9.09. The van der Waals surface area contributed by atoms with E-state index in [0.29, 0.717) is 12.8 Å². The second kappa shape index (κ2) is 11.3. The Bertz CT molecular complexity index is 634. The molecule has 1 aliphatic rings. The smallest absolute Gasteiger partial charge is 0.249 e. The number of benzene rings is 1. The van der Waals surface area contributed by atoms with E-state index >= 15 is 0 Å². The molecular formula is C22H32FNO4.